The van der Waals surface area contributed by atoms with E-state index in [1.807, 2.05) is 0 Å². The summed E-state index contributed by atoms with van der Waals surface area (Å²) in [6.45, 7) is 0. The Morgan fingerprint density at radius 1 is 1.00 bits per heavy atom. The summed E-state index contributed by atoms with van der Waals surface area (Å²) in [7, 11) is -6.30. The van der Waals surface area contributed by atoms with Gasteiger partial charge in [0.15, 0.2) is 0 Å². The summed E-state index contributed by atoms with van der Waals surface area (Å²) in [6.07, 6.45) is -2.21. The molecule has 3 fully saturated rings. The zero-order valence-electron chi connectivity index (χ0n) is 12.7. The number of imide groups is 1. The summed E-state index contributed by atoms with van der Waals surface area (Å²) in [5.41, 5.74) is 0. The molecule has 0 spiro atoms. The lowest BCUT2D eigenvalue weighted by Gasteiger charge is -2.35. The first-order valence-electron chi connectivity index (χ1n) is 7.62. The Morgan fingerprint density at radius 2 is 1.56 bits per heavy atom. The lowest BCUT2D eigenvalue weighted by Crippen LogP contribution is -2.55. The number of fused-ring (bicyclic) bond motifs is 2. The van der Waals surface area contributed by atoms with Crippen LogP contribution in [-0.4, -0.2) is 47.7 Å². The van der Waals surface area contributed by atoms with Gasteiger partial charge in [0.05, 0.1) is 6.10 Å². The molecule has 3 aliphatic rings. The number of rotatable bonds is 5. The summed E-state index contributed by atoms with van der Waals surface area (Å²) >= 11 is 0. The van der Waals surface area contributed by atoms with Gasteiger partial charge in [-0.2, -0.15) is 26.0 Å². The molecule has 0 aromatic heterocycles. The number of hydrogen-bond acceptors (Lipinski definition) is 6. The SMILES string of the molecule is O=C1CCC(=O)N1OS(=O)(=O)C(F)(F)C(F)(F)C1CC2CC1CC2O. The fraction of sp³-hybridized carbons (Fsp3) is 0.846. The second-order valence-corrected chi connectivity index (χ2v) is 8.22. The molecule has 0 aromatic carbocycles. The molecule has 4 unspecified atom stereocenters. The van der Waals surface area contributed by atoms with Gasteiger partial charge in [0.2, 0.25) is 0 Å². The third-order valence-electron chi connectivity index (χ3n) is 5.17. The van der Waals surface area contributed by atoms with Crippen LogP contribution in [0.15, 0.2) is 0 Å². The Labute approximate surface area is 140 Å². The van der Waals surface area contributed by atoms with Crippen molar-refractivity contribution < 1.29 is 45.0 Å². The van der Waals surface area contributed by atoms with Gasteiger partial charge in [-0.15, -0.1) is 9.35 Å². The standard InChI is InChI=1S/C13H15F4NO6S/c14-12(15,8-4-7-3-6(8)5-9(7)19)13(16,17)25(22,23)24-18-10(20)1-2-11(18)21/h6-9,19H,1-5H2. The molecule has 0 aromatic rings. The van der Waals surface area contributed by atoms with Crippen molar-refractivity contribution >= 4 is 21.9 Å². The van der Waals surface area contributed by atoms with Crippen LogP contribution in [0.4, 0.5) is 17.6 Å². The quantitative estimate of drug-likeness (QED) is 0.557. The predicted molar refractivity (Wildman–Crippen MR) is 71.3 cm³/mol. The summed E-state index contributed by atoms with van der Waals surface area (Å²) in [5, 5.41) is 3.51. The van der Waals surface area contributed by atoms with Crippen molar-refractivity contribution in [2.75, 3.05) is 0 Å². The first-order valence-corrected chi connectivity index (χ1v) is 9.03. The summed E-state index contributed by atoms with van der Waals surface area (Å²) in [5.74, 6) is -10.8. The van der Waals surface area contributed by atoms with E-state index in [4.69, 9.17) is 0 Å². The molecule has 2 amide bonds. The van der Waals surface area contributed by atoms with Gasteiger partial charge < -0.3 is 5.11 Å². The Hall–Kier alpha value is -1.27. The Kier molecular flexibility index (Phi) is 4.16. The molecule has 7 nitrogen and oxygen atoms in total. The maximum Gasteiger partial charge on any atom is 0.433 e. The van der Waals surface area contributed by atoms with E-state index >= 15 is 0 Å². The lowest BCUT2D eigenvalue weighted by molar-refractivity contribution is -0.211. The number of halogens is 4. The van der Waals surface area contributed by atoms with Crippen LogP contribution in [0, 0.1) is 17.8 Å². The maximum atomic E-state index is 14.4. The van der Waals surface area contributed by atoms with E-state index in [-0.39, 0.29) is 12.8 Å². The molecule has 0 radical (unpaired) electrons. The van der Waals surface area contributed by atoms with Crippen molar-refractivity contribution in [3.8, 4) is 0 Å². The minimum atomic E-state index is -6.30. The predicted octanol–water partition coefficient (Wildman–Crippen LogP) is 1.03. The molecule has 3 rings (SSSR count). The third-order valence-corrected chi connectivity index (χ3v) is 6.41. The summed E-state index contributed by atoms with van der Waals surface area (Å²) < 4.78 is 84.3. The molecule has 1 aliphatic heterocycles. The molecule has 2 bridgehead atoms. The lowest BCUT2D eigenvalue weighted by atomic mass is 9.83. The second kappa shape index (κ2) is 5.61. The third kappa shape index (κ3) is 2.65. The van der Waals surface area contributed by atoms with Crippen LogP contribution in [0.25, 0.3) is 0 Å². The number of aliphatic hydroxyl groups excluding tert-OH is 1. The summed E-state index contributed by atoms with van der Waals surface area (Å²) in [6, 6.07) is 0. The zero-order chi connectivity index (χ0) is 18.8. The van der Waals surface area contributed by atoms with Crippen molar-refractivity contribution in [1.29, 1.82) is 0 Å². The smallest absolute Gasteiger partial charge is 0.393 e. The van der Waals surface area contributed by atoms with Gasteiger partial charge in [0, 0.05) is 18.8 Å². The first-order chi connectivity index (χ1) is 11.4. The van der Waals surface area contributed by atoms with E-state index in [0.717, 1.165) is 0 Å². The van der Waals surface area contributed by atoms with Crippen molar-refractivity contribution in [3.05, 3.63) is 0 Å². The first kappa shape index (κ1) is 18.5. The normalized spacial score (nSPS) is 33.6. The topological polar surface area (TPSA) is 101 Å². The molecule has 2 saturated carbocycles. The van der Waals surface area contributed by atoms with Crippen molar-refractivity contribution in [2.45, 2.75) is 49.4 Å². The highest BCUT2D eigenvalue weighted by Crippen LogP contribution is 2.58. The largest absolute Gasteiger partial charge is 0.433 e. The van der Waals surface area contributed by atoms with Crippen LogP contribution >= 0.6 is 0 Å². The monoisotopic (exact) mass is 389 g/mol. The number of hydrogen-bond donors (Lipinski definition) is 1. The summed E-state index contributed by atoms with van der Waals surface area (Å²) in [4.78, 5) is 22.6. The van der Waals surface area contributed by atoms with E-state index in [9.17, 15) is 40.7 Å². The number of carbonyl (C=O) groups excluding carboxylic acids is 2. The Bertz CT molecular complexity index is 693. The van der Waals surface area contributed by atoms with E-state index in [2.05, 4.69) is 4.28 Å². The van der Waals surface area contributed by atoms with E-state index in [0.29, 0.717) is 0 Å². The molecule has 1 saturated heterocycles. The van der Waals surface area contributed by atoms with Gasteiger partial charge in [-0.1, -0.05) is 0 Å². The minimum absolute atomic E-state index is 0.106. The number of nitrogens with zero attached hydrogens (tertiary/aromatic N) is 1. The Morgan fingerprint density at radius 3 is 2.00 bits per heavy atom. The van der Waals surface area contributed by atoms with Crippen LogP contribution in [0.3, 0.4) is 0 Å². The van der Waals surface area contributed by atoms with Crippen LogP contribution < -0.4 is 0 Å². The average Bonchev–Trinajstić information content (AvgIpc) is 3.16. The molecular weight excluding hydrogens is 374 g/mol. The number of alkyl halides is 4. The molecule has 25 heavy (non-hydrogen) atoms. The highest BCUT2D eigenvalue weighted by Gasteiger charge is 2.73. The Balaban J connectivity index is 1.84. The molecule has 4 atom stereocenters. The molecule has 1 heterocycles. The van der Waals surface area contributed by atoms with Gasteiger partial charge in [-0.25, -0.2) is 0 Å². The molecule has 2 aliphatic carbocycles. The van der Waals surface area contributed by atoms with Crippen LogP contribution in [0.1, 0.15) is 32.1 Å². The average molecular weight is 389 g/mol. The zero-order valence-corrected chi connectivity index (χ0v) is 13.5. The number of amides is 2. The second-order valence-electron chi connectivity index (χ2n) is 6.65. The van der Waals surface area contributed by atoms with Gasteiger partial charge in [-0.05, 0) is 31.1 Å². The number of hydroxylamine groups is 2. The van der Waals surface area contributed by atoms with E-state index < -0.39 is 81.3 Å². The van der Waals surface area contributed by atoms with Gasteiger partial charge in [-0.3, -0.25) is 9.59 Å². The highest BCUT2D eigenvalue weighted by molar-refractivity contribution is 7.87. The van der Waals surface area contributed by atoms with Crippen molar-refractivity contribution in [2.24, 2.45) is 17.8 Å². The maximum absolute atomic E-state index is 14.4. The van der Waals surface area contributed by atoms with Crippen molar-refractivity contribution in [3.63, 3.8) is 0 Å². The van der Waals surface area contributed by atoms with Crippen LogP contribution in [0.5, 0.6) is 0 Å². The fourth-order valence-electron chi connectivity index (χ4n) is 3.86. The highest BCUT2D eigenvalue weighted by atomic mass is 32.2. The fourth-order valence-corrected chi connectivity index (χ4v) is 4.80. The van der Waals surface area contributed by atoms with Crippen LogP contribution in [0.2, 0.25) is 0 Å². The van der Waals surface area contributed by atoms with E-state index in [1.165, 1.54) is 0 Å². The van der Waals surface area contributed by atoms with Gasteiger partial charge in [0.1, 0.15) is 0 Å². The van der Waals surface area contributed by atoms with Gasteiger partial charge in [0.25, 0.3) is 11.8 Å². The molecule has 1 N–H and O–H groups in total. The van der Waals surface area contributed by atoms with Crippen LogP contribution in [-0.2, 0) is 24.0 Å². The van der Waals surface area contributed by atoms with Crippen molar-refractivity contribution in [1.82, 2.24) is 5.06 Å². The molecule has 12 heteroatoms. The minimum Gasteiger partial charge on any atom is -0.393 e. The van der Waals surface area contributed by atoms with Gasteiger partial charge >= 0.3 is 21.3 Å². The number of carbonyl (C=O) groups is 2. The molecule has 142 valence electrons. The molecular formula is C13H15F4NO6S. The van der Waals surface area contributed by atoms with E-state index in [1.54, 1.807) is 0 Å². The number of aliphatic hydroxyl groups is 1.